The minimum atomic E-state index is -0.852. The first kappa shape index (κ1) is 11.6. The fraction of sp³-hybridized carbons (Fsp3) is 0.143. The molecule has 0 aromatic heterocycles. The van der Waals surface area contributed by atoms with Gasteiger partial charge in [0.05, 0.1) is 0 Å². The molecule has 1 nitrogen and oxygen atoms in total. The average molecular weight is 234 g/mol. The molecule has 88 valence electrons. The summed E-state index contributed by atoms with van der Waals surface area (Å²) in [6.45, 7) is 1.84. The third kappa shape index (κ3) is 2.61. The van der Waals surface area contributed by atoms with Crippen molar-refractivity contribution in [1.82, 2.24) is 0 Å². The fourth-order valence-corrected chi connectivity index (χ4v) is 1.53. The van der Waals surface area contributed by atoms with Gasteiger partial charge in [0.25, 0.3) is 0 Å². The van der Waals surface area contributed by atoms with Crippen LogP contribution < -0.4 is 4.74 Å². The summed E-state index contributed by atoms with van der Waals surface area (Å²) in [6.07, 6.45) is 0. The van der Waals surface area contributed by atoms with Crippen molar-refractivity contribution in [2.24, 2.45) is 0 Å². The van der Waals surface area contributed by atoms with E-state index in [9.17, 15) is 8.78 Å². The Morgan fingerprint density at radius 3 is 2.41 bits per heavy atom. The number of halogens is 2. The summed E-state index contributed by atoms with van der Waals surface area (Å²) in [5.41, 5.74) is 1.18. The minimum Gasteiger partial charge on any atom is -0.489 e. The van der Waals surface area contributed by atoms with Crippen molar-refractivity contribution in [3.05, 3.63) is 65.2 Å². The molecule has 0 bridgehead atoms. The Bertz CT molecular complexity index is 509. The van der Waals surface area contributed by atoms with Gasteiger partial charge in [0.1, 0.15) is 12.4 Å². The van der Waals surface area contributed by atoms with Crippen LogP contribution in [-0.4, -0.2) is 0 Å². The summed E-state index contributed by atoms with van der Waals surface area (Å²) in [6, 6.07) is 12.0. The van der Waals surface area contributed by atoms with Gasteiger partial charge in [-0.05, 0) is 24.6 Å². The molecule has 0 aliphatic heterocycles. The van der Waals surface area contributed by atoms with Gasteiger partial charge in [0.15, 0.2) is 11.6 Å². The van der Waals surface area contributed by atoms with Crippen molar-refractivity contribution in [2.45, 2.75) is 13.5 Å². The van der Waals surface area contributed by atoms with Gasteiger partial charge >= 0.3 is 0 Å². The van der Waals surface area contributed by atoms with Crippen molar-refractivity contribution in [3.8, 4) is 5.75 Å². The highest BCUT2D eigenvalue weighted by Crippen LogP contribution is 2.23. The number of hydrogen-bond acceptors (Lipinski definition) is 1. The monoisotopic (exact) mass is 234 g/mol. The topological polar surface area (TPSA) is 9.23 Å². The van der Waals surface area contributed by atoms with Gasteiger partial charge < -0.3 is 4.74 Å². The van der Waals surface area contributed by atoms with Crippen LogP contribution in [0.4, 0.5) is 8.78 Å². The number of hydrogen-bond donors (Lipinski definition) is 0. The molecule has 0 aliphatic rings. The van der Waals surface area contributed by atoms with Crippen molar-refractivity contribution in [2.75, 3.05) is 0 Å². The first-order valence-corrected chi connectivity index (χ1v) is 5.30. The van der Waals surface area contributed by atoms with Crippen molar-refractivity contribution in [1.29, 1.82) is 0 Å². The van der Waals surface area contributed by atoms with Crippen LogP contribution in [0.1, 0.15) is 11.1 Å². The van der Waals surface area contributed by atoms with Crippen LogP contribution in [0.5, 0.6) is 5.75 Å². The molecule has 0 N–H and O–H groups in total. The van der Waals surface area contributed by atoms with Gasteiger partial charge in [-0.25, -0.2) is 8.78 Å². The van der Waals surface area contributed by atoms with E-state index in [4.69, 9.17) is 4.74 Å². The summed E-state index contributed by atoms with van der Waals surface area (Å²) < 4.78 is 31.6. The Kier molecular flexibility index (Phi) is 3.38. The summed E-state index contributed by atoms with van der Waals surface area (Å²) in [7, 11) is 0. The second-order valence-electron chi connectivity index (χ2n) is 3.76. The molecule has 0 spiro atoms. The molecule has 2 aromatic rings. The maximum Gasteiger partial charge on any atom is 0.165 e. The second-order valence-corrected chi connectivity index (χ2v) is 3.76. The lowest BCUT2D eigenvalue weighted by molar-refractivity contribution is 0.300. The van der Waals surface area contributed by atoms with Gasteiger partial charge in [0, 0.05) is 5.56 Å². The highest BCUT2D eigenvalue weighted by Gasteiger charge is 2.10. The minimum absolute atomic E-state index is 0.195. The standard InChI is InChI=1S/C14H12F2O/c1-10-13(8-7-12(15)14(10)16)17-9-11-5-3-2-4-6-11/h2-8H,9H2,1H3. The van der Waals surface area contributed by atoms with Crippen molar-refractivity contribution in [3.63, 3.8) is 0 Å². The molecule has 0 heterocycles. The van der Waals surface area contributed by atoms with Crippen LogP contribution in [-0.2, 0) is 6.61 Å². The van der Waals surface area contributed by atoms with E-state index in [1.807, 2.05) is 30.3 Å². The van der Waals surface area contributed by atoms with Crippen LogP contribution in [0, 0.1) is 18.6 Å². The van der Waals surface area contributed by atoms with Gasteiger partial charge in [-0.3, -0.25) is 0 Å². The van der Waals surface area contributed by atoms with Gasteiger partial charge in [0.2, 0.25) is 0 Å². The molecular weight excluding hydrogens is 222 g/mol. The lowest BCUT2D eigenvalue weighted by Crippen LogP contribution is -1.99. The van der Waals surface area contributed by atoms with E-state index in [2.05, 4.69) is 0 Å². The van der Waals surface area contributed by atoms with E-state index in [1.165, 1.54) is 13.0 Å². The van der Waals surface area contributed by atoms with Crippen molar-refractivity contribution < 1.29 is 13.5 Å². The van der Waals surface area contributed by atoms with E-state index in [0.29, 0.717) is 12.4 Å². The molecule has 2 rings (SSSR count). The van der Waals surface area contributed by atoms with Crippen molar-refractivity contribution >= 4 is 0 Å². The largest absolute Gasteiger partial charge is 0.489 e. The number of benzene rings is 2. The molecule has 0 fully saturated rings. The Morgan fingerprint density at radius 1 is 1.00 bits per heavy atom. The predicted octanol–water partition coefficient (Wildman–Crippen LogP) is 3.85. The second kappa shape index (κ2) is 4.95. The molecule has 0 radical (unpaired) electrons. The van der Waals surface area contributed by atoms with Gasteiger partial charge in [-0.1, -0.05) is 30.3 Å². The van der Waals surface area contributed by atoms with Crippen LogP contribution in [0.3, 0.4) is 0 Å². The highest BCUT2D eigenvalue weighted by atomic mass is 19.2. The van der Waals surface area contributed by atoms with E-state index >= 15 is 0 Å². The maximum atomic E-state index is 13.3. The average Bonchev–Trinajstić information content (AvgIpc) is 2.36. The summed E-state index contributed by atoms with van der Waals surface area (Å²) in [4.78, 5) is 0. The van der Waals surface area contributed by atoms with E-state index in [1.54, 1.807) is 0 Å². The zero-order valence-electron chi connectivity index (χ0n) is 9.41. The molecule has 0 saturated carbocycles. The normalized spacial score (nSPS) is 10.3. The zero-order chi connectivity index (χ0) is 12.3. The molecule has 0 amide bonds. The maximum absolute atomic E-state index is 13.3. The summed E-state index contributed by atoms with van der Waals surface area (Å²) >= 11 is 0. The van der Waals surface area contributed by atoms with Crippen LogP contribution in [0.2, 0.25) is 0 Å². The lowest BCUT2D eigenvalue weighted by atomic mass is 10.2. The molecular formula is C14H12F2O. The van der Waals surface area contributed by atoms with Crippen LogP contribution in [0.25, 0.3) is 0 Å². The third-order valence-corrected chi connectivity index (χ3v) is 2.53. The Morgan fingerprint density at radius 2 is 1.71 bits per heavy atom. The van der Waals surface area contributed by atoms with E-state index < -0.39 is 11.6 Å². The Hall–Kier alpha value is -1.90. The molecule has 3 heteroatoms. The molecule has 17 heavy (non-hydrogen) atoms. The molecule has 0 unspecified atom stereocenters. The molecule has 2 aromatic carbocycles. The quantitative estimate of drug-likeness (QED) is 0.783. The highest BCUT2D eigenvalue weighted by molar-refractivity contribution is 5.34. The van der Waals surface area contributed by atoms with Gasteiger partial charge in [-0.2, -0.15) is 0 Å². The van der Waals surface area contributed by atoms with Crippen LogP contribution in [0.15, 0.2) is 42.5 Å². The molecule has 0 aliphatic carbocycles. The Labute approximate surface area is 98.7 Å². The summed E-state index contributed by atoms with van der Waals surface area (Å²) in [5.74, 6) is -1.34. The fourth-order valence-electron chi connectivity index (χ4n) is 1.53. The Balaban J connectivity index is 2.13. The third-order valence-electron chi connectivity index (χ3n) is 2.53. The lowest BCUT2D eigenvalue weighted by Gasteiger charge is -2.09. The number of ether oxygens (including phenoxy) is 1. The van der Waals surface area contributed by atoms with E-state index in [-0.39, 0.29) is 5.56 Å². The summed E-state index contributed by atoms with van der Waals surface area (Å²) in [5, 5.41) is 0. The molecule has 0 atom stereocenters. The SMILES string of the molecule is Cc1c(OCc2ccccc2)ccc(F)c1F. The zero-order valence-corrected chi connectivity index (χ0v) is 9.41. The van der Waals surface area contributed by atoms with Crippen LogP contribution >= 0.6 is 0 Å². The smallest absolute Gasteiger partial charge is 0.165 e. The number of rotatable bonds is 3. The predicted molar refractivity (Wildman–Crippen MR) is 61.9 cm³/mol. The first-order chi connectivity index (χ1) is 8.18. The first-order valence-electron chi connectivity index (χ1n) is 5.30. The molecule has 0 saturated heterocycles. The van der Waals surface area contributed by atoms with E-state index in [0.717, 1.165) is 11.6 Å². The van der Waals surface area contributed by atoms with Gasteiger partial charge in [-0.15, -0.1) is 0 Å².